The van der Waals surface area contributed by atoms with Crippen molar-refractivity contribution in [3.8, 4) is 22.3 Å². The second-order valence-corrected chi connectivity index (χ2v) is 17.2. The first kappa shape index (κ1) is 29.0. The molecule has 0 atom stereocenters. The maximum absolute atomic E-state index is 2.67. The molecule has 11 aromatic rings. The highest BCUT2D eigenvalue weighted by Crippen LogP contribution is 2.58. The summed E-state index contributed by atoms with van der Waals surface area (Å²) in [5.74, 6) is 0. The van der Waals surface area contributed by atoms with Crippen LogP contribution in [0.5, 0.6) is 0 Å². The van der Waals surface area contributed by atoms with E-state index in [9.17, 15) is 0 Å². The van der Waals surface area contributed by atoms with Crippen LogP contribution in [0.1, 0.15) is 0 Å². The van der Waals surface area contributed by atoms with Gasteiger partial charge in [0, 0.05) is 57.7 Å². The van der Waals surface area contributed by atoms with Crippen LogP contribution in [0.2, 0.25) is 0 Å². The van der Waals surface area contributed by atoms with Gasteiger partial charge in [0.1, 0.15) is 0 Å². The average Bonchev–Trinajstić information content (AvgIpc) is 3.12. The van der Waals surface area contributed by atoms with E-state index in [0.717, 1.165) is 0 Å². The lowest BCUT2D eigenvalue weighted by atomic mass is 9.76. The van der Waals surface area contributed by atoms with Crippen LogP contribution in [0.25, 0.3) is 108 Å². The van der Waals surface area contributed by atoms with Crippen molar-refractivity contribution in [2.24, 2.45) is 0 Å². The van der Waals surface area contributed by atoms with Crippen molar-refractivity contribution in [2.75, 3.05) is 0 Å². The molecule has 0 saturated carbocycles. The molecule has 11 rings (SSSR count). The van der Waals surface area contributed by atoms with Gasteiger partial charge in [-0.05, 0) is 167 Å². The van der Waals surface area contributed by atoms with E-state index in [1.165, 1.54) is 123 Å². The Kier molecular flexibility index (Phi) is 6.26. The molecule has 0 saturated heterocycles. The molecule has 11 aromatic carbocycles. The summed E-state index contributed by atoms with van der Waals surface area (Å²) in [5.41, 5.74) is 5.23. The molecule has 0 aliphatic rings. The van der Waals surface area contributed by atoms with Gasteiger partial charge >= 0.3 is 0 Å². The molecule has 0 bridgehead atoms. The third-order valence-corrected chi connectivity index (χ3v) is 14.4. The molecular weight excluding hydrogens is 1040 g/mol. The van der Waals surface area contributed by atoms with Gasteiger partial charge in [0.15, 0.2) is 0 Å². The minimum absolute atomic E-state index is 1.27. The highest BCUT2D eigenvalue weighted by Gasteiger charge is 2.31. The largest absolute Gasteiger partial charge is 0.0622 e. The van der Waals surface area contributed by atoms with Gasteiger partial charge in [0.05, 0.1) is 0 Å². The van der Waals surface area contributed by atoms with E-state index in [-0.39, 0.29) is 0 Å². The third-order valence-electron chi connectivity index (χ3n) is 10.5. The van der Waals surface area contributed by atoms with Crippen molar-refractivity contribution >= 4 is 177 Å². The molecule has 0 aromatic heterocycles. The zero-order chi connectivity index (χ0) is 32.0. The third kappa shape index (κ3) is 3.55. The van der Waals surface area contributed by atoms with E-state index < -0.39 is 0 Å². The Morgan fingerprint density at radius 3 is 1.00 bits per heavy atom. The number of hydrogen-bond acceptors (Lipinski definition) is 0. The molecule has 0 radical (unpaired) electrons. The van der Waals surface area contributed by atoms with Crippen LogP contribution in [0.4, 0.5) is 0 Å². The van der Waals surface area contributed by atoms with Gasteiger partial charge in [-0.25, -0.2) is 0 Å². The van der Waals surface area contributed by atoms with E-state index in [2.05, 4.69) is 212 Å². The van der Waals surface area contributed by atoms with Gasteiger partial charge < -0.3 is 0 Å². The fourth-order valence-corrected chi connectivity index (χ4v) is 13.8. The van der Waals surface area contributed by atoms with Gasteiger partial charge in [0.2, 0.25) is 0 Å². The summed E-state index contributed by atoms with van der Waals surface area (Å²) in [5, 5.41) is 22.0. The Morgan fingerprint density at radius 1 is 0.271 bits per heavy atom. The molecule has 0 unspecified atom stereocenters. The smallest absolute Gasteiger partial charge is 0.0304 e. The molecule has 4 heteroatoms. The van der Waals surface area contributed by atoms with E-state index in [0.29, 0.717) is 0 Å². The van der Waals surface area contributed by atoms with Gasteiger partial charge in [-0.3, -0.25) is 0 Å². The number of hydrogen-bond donors (Lipinski definition) is 0. The molecule has 0 aliphatic heterocycles. The topological polar surface area (TPSA) is 0 Å². The highest BCUT2D eigenvalue weighted by atomic mass is 127. The monoisotopic (exact) mass is 1060 g/mol. The Labute approximate surface area is 330 Å². The summed E-state index contributed by atoms with van der Waals surface area (Å²) in [4.78, 5) is 0. The molecule has 48 heavy (non-hydrogen) atoms. The Balaban J connectivity index is 1.61. The summed E-state index contributed by atoms with van der Waals surface area (Å²) in [6, 6.07) is 45.4. The minimum Gasteiger partial charge on any atom is -0.0622 e. The van der Waals surface area contributed by atoms with Crippen LogP contribution >= 0.6 is 90.4 Å². The molecule has 0 aliphatic carbocycles. The lowest BCUT2D eigenvalue weighted by molar-refractivity contribution is 1.64. The average molecular weight is 1060 g/mol. The molecule has 0 fully saturated rings. The van der Waals surface area contributed by atoms with E-state index in [4.69, 9.17) is 0 Å². The van der Waals surface area contributed by atoms with Crippen LogP contribution in [0.3, 0.4) is 0 Å². The molecule has 0 nitrogen and oxygen atoms in total. The van der Waals surface area contributed by atoms with Crippen LogP contribution in [0, 0.1) is 14.3 Å². The molecule has 224 valence electrons. The predicted molar refractivity (Wildman–Crippen MR) is 242 cm³/mol. The van der Waals surface area contributed by atoms with Crippen molar-refractivity contribution in [1.82, 2.24) is 0 Å². The quantitative estimate of drug-likeness (QED) is 0.0919. The number of benzene rings is 11. The van der Waals surface area contributed by atoms with Crippen LogP contribution < -0.4 is 0 Å². The number of halogens is 4. The second kappa shape index (κ2) is 10.4. The lowest BCUT2D eigenvalue weighted by Gasteiger charge is -2.28. The molecule has 0 spiro atoms. The highest BCUT2D eigenvalue weighted by molar-refractivity contribution is 14.1. The summed E-state index contributed by atoms with van der Waals surface area (Å²) in [6.07, 6.45) is 0. The zero-order valence-electron chi connectivity index (χ0n) is 25.1. The van der Waals surface area contributed by atoms with Crippen molar-refractivity contribution in [1.29, 1.82) is 0 Å². The van der Waals surface area contributed by atoms with Crippen molar-refractivity contribution in [3.05, 3.63) is 136 Å². The van der Waals surface area contributed by atoms with E-state index in [1.807, 2.05) is 0 Å². The first-order valence-corrected chi connectivity index (χ1v) is 20.2. The summed E-state index contributed by atoms with van der Waals surface area (Å²) in [6.45, 7) is 0. The number of rotatable bonds is 2. The van der Waals surface area contributed by atoms with Gasteiger partial charge in [-0.1, -0.05) is 109 Å². The van der Waals surface area contributed by atoms with Crippen molar-refractivity contribution in [2.45, 2.75) is 0 Å². The second-order valence-electron chi connectivity index (χ2n) is 12.8. The fraction of sp³-hybridized carbons (Fsp3) is 0. The lowest BCUT2D eigenvalue weighted by Crippen LogP contribution is -2.02. The van der Waals surface area contributed by atoms with Crippen LogP contribution in [0.15, 0.2) is 121 Å². The summed E-state index contributed by atoms with van der Waals surface area (Å²) in [7, 11) is 0. The minimum atomic E-state index is 1.27. The van der Waals surface area contributed by atoms with Crippen molar-refractivity contribution < 1.29 is 0 Å². The Morgan fingerprint density at radius 2 is 0.604 bits per heavy atom. The van der Waals surface area contributed by atoms with Gasteiger partial charge in [0.25, 0.3) is 0 Å². The first-order valence-electron chi connectivity index (χ1n) is 15.9. The van der Waals surface area contributed by atoms with E-state index >= 15 is 0 Å². The first-order chi connectivity index (χ1) is 23.5. The van der Waals surface area contributed by atoms with Gasteiger partial charge in [-0.2, -0.15) is 0 Å². The Bertz CT molecular complexity index is 2910. The maximum Gasteiger partial charge on any atom is 0.0304 e. The van der Waals surface area contributed by atoms with Gasteiger partial charge in [-0.15, -0.1) is 0 Å². The maximum atomic E-state index is 2.67. The zero-order valence-corrected chi connectivity index (χ0v) is 33.7. The molecular formula is C44H20I4. The predicted octanol–water partition coefficient (Wildman–Crippen LogP) is 15.0. The normalized spacial score (nSPS) is 12.6. The molecule has 0 heterocycles. The summed E-state index contributed by atoms with van der Waals surface area (Å²) >= 11 is 10.6. The molecule has 0 N–H and O–H groups in total. The fourth-order valence-electron chi connectivity index (χ4n) is 8.81. The van der Waals surface area contributed by atoms with Crippen LogP contribution in [-0.2, 0) is 0 Å². The molecule has 0 amide bonds. The Hall–Kier alpha value is -2.80. The van der Waals surface area contributed by atoms with Crippen molar-refractivity contribution in [3.63, 3.8) is 0 Å². The SMILES string of the molecule is Ic1cc2c3ccccc3c3c(-c4ccccc4)c(I)c4c(I)cc5c6ccccc6c6c(-c7ccccc7)c(I)c1c1c2c3c4c5c61. The van der Waals surface area contributed by atoms with Crippen LogP contribution in [-0.4, -0.2) is 0 Å². The number of fused-ring (bicyclic) bond motifs is 6. The standard InChI is InChI=1S/C44H20I4/c45-29-19-28-24-16-8-10-18-26(24)34-32(22-13-5-2-6-14-22)44(48)38-30(46)20-27-23-15-7-9-17-25(23)33-31(21-11-3-1-4-12-21)43(47)37(29)41-36(28)40(34)42(38)35(27)39(33)41/h1-20H. The van der Waals surface area contributed by atoms with E-state index in [1.54, 1.807) is 0 Å². The summed E-state index contributed by atoms with van der Waals surface area (Å²) < 4.78 is 5.28.